The number of aryl methyl sites for hydroxylation is 1. The standard InChI is InChI=1S/C16H25FN2O3S/c1-12-3-5-19(6-4-12)11-15(20)10-18-23(21,22)16-8-13(2)7-14(17)9-16/h7-9,12,15,18,20H,3-6,10-11H2,1-2H3. The smallest absolute Gasteiger partial charge is 0.240 e. The molecule has 1 aliphatic rings. The Morgan fingerprint density at radius 3 is 2.61 bits per heavy atom. The fourth-order valence-corrected chi connectivity index (χ4v) is 3.94. The molecular weight excluding hydrogens is 319 g/mol. The molecule has 0 aromatic heterocycles. The first-order valence-electron chi connectivity index (χ1n) is 7.93. The van der Waals surface area contributed by atoms with Gasteiger partial charge in [0.2, 0.25) is 10.0 Å². The van der Waals surface area contributed by atoms with E-state index >= 15 is 0 Å². The number of hydrogen-bond acceptors (Lipinski definition) is 4. The van der Waals surface area contributed by atoms with Crippen LogP contribution < -0.4 is 4.72 Å². The lowest BCUT2D eigenvalue weighted by Crippen LogP contribution is -2.43. The summed E-state index contributed by atoms with van der Waals surface area (Å²) in [7, 11) is -3.82. The molecule has 1 fully saturated rings. The van der Waals surface area contributed by atoms with Crippen LogP contribution in [0.3, 0.4) is 0 Å². The normalized spacial score (nSPS) is 19.0. The SMILES string of the molecule is Cc1cc(F)cc(S(=O)(=O)NCC(O)CN2CCC(C)CC2)c1. The maximum absolute atomic E-state index is 13.3. The largest absolute Gasteiger partial charge is 0.390 e. The molecule has 2 rings (SSSR count). The number of benzene rings is 1. The summed E-state index contributed by atoms with van der Waals surface area (Å²) in [5.41, 5.74) is 0.536. The first kappa shape index (κ1) is 18.3. The van der Waals surface area contributed by atoms with E-state index in [-0.39, 0.29) is 11.4 Å². The molecule has 1 atom stereocenters. The molecule has 23 heavy (non-hydrogen) atoms. The quantitative estimate of drug-likeness (QED) is 0.821. The molecule has 1 aromatic carbocycles. The maximum atomic E-state index is 13.3. The van der Waals surface area contributed by atoms with Crippen LogP contribution in [0.25, 0.3) is 0 Å². The van der Waals surface area contributed by atoms with Crippen molar-refractivity contribution in [1.82, 2.24) is 9.62 Å². The number of nitrogens with zero attached hydrogens (tertiary/aromatic N) is 1. The maximum Gasteiger partial charge on any atom is 0.240 e. The zero-order chi connectivity index (χ0) is 17.0. The summed E-state index contributed by atoms with van der Waals surface area (Å²) in [6.45, 7) is 6.06. The molecule has 0 radical (unpaired) electrons. The summed E-state index contributed by atoms with van der Waals surface area (Å²) in [4.78, 5) is 2.03. The number of hydrogen-bond donors (Lipinski definition) is 2. The van der Waals surface area contributed by atoms with Gasteiger partial charge >= 0.3 is 0 Å². The summed E-state index contributed by atoms with van der Waals surface area (Å²) in [5, 5.41) is 10.0. The van der Waals surface area contributed by atoms with E-state index in [0.29, 0.717) is 18.0 Å². The number of nitrogens with one attached hydrogen (secondary N) is 1. The lowest BCUT2D eigenvalue weighted by Gasteiger charge is -2.31. The van der Waals surface area contributed by atoms with Gasteiger partial charge in [0.25, 0.3) is 0 Å². The number of aliphatic hydroxyl groups excluding tert-OH is 1. The Morgan fingerprint density at radius 2 is 2.00 bits per heavy atom. The highest BCUT2D eigenvalue weighted by Gasteiger charge is 2.21. The topological polar surface area (TPSA) is 69.6 Å². The third-order valence-corrected chi connectivity index (χ3v) is 5.58. The van der Waals surface area contributed by atoms with Crippen LogP contribution in [0.5, 0.6) is 0 Å². The third-order valence-electron chi connectivity index (χ3n) is 4.18. The average molecular weight is 344 g/mol. The monoisotopic (exact) mass is 344 g/mol. The minimum atomic E-state index is -3.82. The van der Waals surface area contributed by atoms with Crippen LogP contribution in [-0.2, 0) is 10.0 Å². The van der Waals surface area contributed by atoms with E-state index in [1.165, 1.54) is 12.1 Å². The van der Waals surface area contributed by atoms with Crippen molar-refractivity contribution in [3.05, 3.63) is 29.6 Å². The van der Waals surface area contributed by atoms with Gasteiger partial charge in [0.15, 0.2) is 0 Å². The summed E-state index contributed by atoms with van der Waals surface area (Å²) in [6, 6.07) is 3.66. The molecule has 5 nitrogen and oxygen atoms in total. The molecule has 1 aliphatic heterocycles. The molecule has 1 unspecified atom stereocenters. The van der Waals surface area contributed by atoms with E-state index in [0.717, 1.165) is 32.0 Å². The fourth-order valence-electron chi connectivity index (χ4n) is 2.75. The Balaban J connectivity index is 1.88. The molecule has 0 amide bonds. The molecule has 0 saturated carbocycles. The zero-order valence-corrected chi connectivity index (χ0v) is 14.4. The van der Waals surface area contributed by atoms with Gasteiger partial charge < -0.3 is 10.0 Å². The van der Waals surface area contributed by atoms with E-state index in [4.69, 9.17) is 0 Å². The first-order chi connectivity index (χ1) is 10.8. The Kier molecular flexibility index (Phi) is 6.13. The Labute approximate surface area is 137 Å². The van der Waals surface area contributed by atoms with Gasteiger partial charge in [-0.25, -0.2) is 17.5 Å². The molecule has 0 aliphatic carbocycles. The number of β-amino-alcohol motifs (C(OH)–C–C–N with tert-alkyl or cyclic N) is 1. The van der Waals surface area contributed by atoms with Crippen LogP contribution in [0, 0.1) is 18.7 Å². The van der Waals surface area contributed by atoms with Crippen molar-refractivity contribution in [2.75, 3.05) is 26.2 Å². The molecule has 1 saturated heterocycles. The molecule has 7 heteroatoms. The second-order valence-electron chi connectivity index (χ2n) is 6.45. The van der Waals surface area contributed by atoms with E-state index in [1.54, 1.807) is 6.92 Å². The number of sulfonamides is 1. The molecular formula is C16H25FN2O3S. The van der Waals surface area contributed by atoms with Crippen molar-refractivity contribution in [3.63, 3.8) is 0 Å². The predicted octanol–water partition coefficient (Wildman–Crippen LogP) is 1.51. The number of halogens is 1. The molecule has 1 heterocycles. The van der Waals surface area contributed by atoms with E-state index in [2.05, 4.69) is 16.5 Å². The number of aliphatic hydroxyl groups is 1. The summed E-state index contributed by atoms with van der Waals surface area (Å²) in [6.07, 6.45) is 1.41. The van der Waals surface area contributed by atoms with E-state index in [1.807, 2.05) is 0 Å². The van der Waals surface area contributed by atoms with E-state index < -0.39 is 21.9 Å². The minimum absolute atomic E-state index is 0.0794. The van der Waals surface area contributed by atoms with Crippen LogP contribution in [0.4, 0.5) is 4.39 Å². The van der Waals surface area contributed by atoms with Gasteiger partial charge in [0.05, 0.1) is 11.0 Å². The van der Waals surface area contributed by atoms with Gasteiger partial charge in [-0.15, -0.1) is 0 Å². The average Bonchev–Trinajstić information content (AvgIpc) is 2.47. The lowest BCUT2D eigenvalue weighted by molar-refractivity contribution is 0.0942. The molecule has 0 bridgehead atoms. The van der Waals surface area contributed by atoms with Gasteiger partial charge in [0.1, 0.15) is 5.82 Å². The first-order valence-corrected chi connectivity index (χ1v) is 9.42. The van der Waals surface area contributed by atoms with Crippen molar-refractivity contribution in [2.45, 2.75) is 37.7 Å². The second kappa shape index (κ2) is 7.70. The van der Waals surface area contributed by atoms with Crippen molar-refractivity contribution in [2.24, 2.45) is 5.92 Å². The van der Waals surface area contributed by atoms with Gasteiger partial charge in [-0.05, 0) is 62.5 Å². The predicted molar refractivity (Wildman–Crippen MR) is 87.2 cm³/mol. The second-order valence-corrected chi connectivity index (χ2v) is 8.22. The van der Waals surface area contributed by atoms with Gasteiger partial charge in [-0.3, -0.25) is 0 Å². The van der Waals surface area contributed by atoms with Gasteiger partial charge in [-0.2, -0.15) is 0 Å². The summed E-state index contributed by atoms with van der Waals surface area (Å²) in [5.74, 6) is 0.117. The van der Waals surface area contributed by atoms with Crippen LogP contribution in [-0.4, -0.2) is 50.7 Å². The molecule has 0 spiro atoms. The highest BCUT2D eigenvalue weighted by Crippen LogP contribution is 2.16. The lowest BCUT2D eigenvalue weighted by atomic mass is 9.99. The van der Waals surface area contributed by atoms with Gasteiger partial charge in [0, 0.05) is 13.1 Å². The van der Waals surface area contributed by atoms with Crippen LogP contribution in [0.1, 0.15) is 25.3 Å². The van der Waals surface area contributed by atoms with Crippen molar-refractivity contribution in [3.8, 4) is 0 Å². The summed E-state index contributed by atoms with van der Waals surface area (Å²) < 4.78 is 40.1. The highest BCUT2D eigenvalue weighted by atomic mass is 32.2. The summed E-state index contributed by atoms with van der Waals surface area (Å²) >= 11 is 0. The fraction of sp³-hybridized carbons (Fsp3) is 0.625. The van der Waals surface area contributed by atoms with Crippen LogP contribution in [0.15, 0.2) is 23.1 Å². The number of piperidine rings is 1. The third kappa shape index (κ3) is 5.53. The Bertz CT molecular complexity index is 608. The van der Waals surface area contributed by atoms with Crippen LogP contribution in [0.2, 0.25) is 0 Å². The molecule has 2 N–H and O–H groups in total. The van der Waals surface area contributed by atoms with E-state index in [9.17, 15) is 17.9 Å². The Hall–Kier alpha value is -1.02. The van der Waals surface area contributed by atoms with Gasteiger partial charge in [-0.1, -0.05) is 6.92 Å². The Morgan fingerprint density at radius 1 is 1.35 bits per heavy atom. The van der Waals surface area contributed by atoms with Crippen molar-refractivity contribution < 1.29 is 17.9 Å². The molecule has 1 aromatic rings. The number of likely N-dealkylation sites (tertiary alicyclic amines) is 1. The zero-order valence-electron chi connectivity index (χ0n) is 13.6. The van der Waals surface area contributed by atoms with Crippen molar-refractivity contribution >= 4 is 10.0 Å². The van der Waals surface area contributed by atoms with Crippen molar-refractivity contribution in [1.29, 1.82) is 0 Å². The molecule has 130 valence electrons. The van der Waals surface area contributed by atoms with Crippen LogP contribution >= 0.6 is 0 Å². The minimum Gasteiger partial charge on any atom is -0.390 e. The number of rotatable bonds is 6. The highest BCUT2D eigenvalue weighted by molar-refractivity contribution is 7.89.